The number of benzene rings is 1. The standard InChI is InChI=1S/C11H8N2O4.K.H/c14-10(15)8-3-1-2-4-9(8)11(16)17-13-6-5-12-7-13;;/h1-7H,(H,14,15);;/q;+1;-1. The molecule has 0 radical (unpaired) electrons. The van der Waals surface area contributed by atoms with Gasteiger partial charge in [0.05, 0.1) is 17.3 Å². The third kappa shape index (κ3) is 3.50. The largest absolute Gasteiger partial charge is 1.00 e. The van der Waals surface area contributed by atoms with E-state index in [0.29, 0.717) is 0 Å². The van der Waals surface area contributed by atoms with Crippen molar-refractivity contribution in [3.8, 4) is 0 Å². The number of hydrogen-bond donors (Lipinski definition) is 1. The summed E-state index contributed by atoms with van der Waals surface area (Å²) in [5.74, 6) is -1.93. The van der Waals surface area contributed by atoms with Crippen molar-refractivity contribution in [2.45, 2.75) is 0 Å². The van der Waals surface area contributed by atoms with Crippen LogP contribution in [0.25, 0.3) is 0 Å². The molecule has 0 aliphatic heterocycles. The topological polar surface area (TPSA) is 81.4 Å². The van der Waals surface area contributed by atoms with E-state index in [0.717, 1.165) is 4.73 Å². The van der Waals surface area contributed by atoms with E-state index >= 15 is 0 Å². The first-order chi connectivity index (χ1) is 8.18. The maximum absolute atomic E-state index is 11.7. The minimum atomic E-state index is -1.18. The van der Waals surface area contributed by atoms with Crippen LogP contribution >= 0.6 is 0 Å². The number of carbonyl (C=O) groups excluding carboxylic acids is 1. The number of aromatic nitrogens is 2. The van der Waals surface area contributed by atoms with Crippen molar-refractivity contribution in [3.63, 3.8) is 0 Å². The summed E-state index contributed by atoms with van der Waals surface area (Å²) in [6.45, 7) is 0. The fraction of sp³-hybridized carbons (Fsp3) is 0. The van der Waals surface area contributed by atoms with Gasteiger partial charge in [-0.1, -0.05) is 12.1 Å². The van der Waals surface area contributed by atoms with E-state index in [2.05, 4.69) is 4.98 Å². The Labute approximate surface area is 146 Å². The molecule has 7 heteroatoms. The first-order valence-corrected chi connectivity index (χ1v) is 4.71. The molecule has 0 spiro atoms. The molecule has 2 aromatic rings. The average molecular weight is 272 g/mol. The molecule has 0 atom stereocenters. The molecule has 0 bridgehead atoms. The van der Waals surface area contributed by atoms with Gasteiger partial charge in [-0.15, -0.1) is 0 Å². The first kappa shape index (κ1) is 15.1. The number of aromatic carboxylic acids is 1. The van der Waals surface area contributed by atoms with Crippen LogP contribution in [0.3, 0.4) is 0 Å². The summed E-state index contributed by atoms with van der Waals surface area (Å²) in [4.78, 5) is 31.2. The second-order valence-electron chi connectivity index (χ2n) is 3.15. The zero-order chi connectivity index (χ0) is 12.3. The smallest absolute Gasteiger partial charge is 1.00 e. The fourth-order valence-corrected chi connectivity index (χ4v) is 1.29. The zero-order valence-electron chi connectivity index (χ0n) is 10.6. The van der Waals surface area contributed by atoms with Gasteiger partial charge in [0.1, 0.15) is 6.33 Å². The van der Waals surface area contributed by atoms with Crippen molar-refractivity contribution < 1.29 is 72.3 Å². The molecule has 1 heterocycles. The number of nitrogens with zero attached hydrogens (tertiary/aromatic N) is 2. The Morgan fingerprint density at radius 1 is 1.28 bits per heavy atom. The number of imidazole rings is 1. The van der Waals surface area contributed by atoms with Crippen molar-refractivity contribution in [1.29, 1.82) is 0 Å². The van der Waals surface area contributed by atoms with Crippen LogP contribution in [0.15, 0.2) is 43.0 Å². The van der Waals surface area contributed by atoms with Gasteiger partial charge < -0.3 is 11.4 Å². The van der Waals surface area contributed by atoms with Crippen LogP contribution in [0, 0.1) is 0 Å². The Kier molecular flexibility index (Phi) is 5.70. The van der Waals surface area contributed by atoms with E-state index in [4.69, 9.17) is 9.94 Å². The van der Waals surface area contributed by atoms with Crippen LogP contribution in [0.5, 0.6) is 0 Å². The number of hydrogen-bond acceptors (Lipinski definition) is 4. The predicted molar refractivity (Wildman–Crippen MR) is 57.7 cm³/mol. The van der Waals surface area contributed by atoms with Crippen molar-refractivity contribution >= 4 is 11.9 Å². The van der Waals surface area contributed by atoms with E-state index < -0.39 is 11.9 Å². The third-order valence-electron chi connectivity index (χ3n) is 2.05. The van der Waals surface area contributed by atoms with Gasteiger partial charge >= 0.3 is 63.3 Å². The van der Waals surface area contributed by atoms with Gasteiger partial charge in [-0.2, -0.15) is 4.73 Å². The van der Waals surface area contributed by atoms with Crippen molar-refractivity contribution in [2.24, 2.45) is 0 Å². The van der Waals surface area contributed by atoms with Gasteiger partial charge in [0.25, 0.3) is 0 Å². The van der Waals surface area contributed by atoms with Crippen LogP contribution in [-0.4, -0.2) is 26.8 Å². The van der Waals surface area contributed by atoms with Crippen LogP contribution < -0.4 is 56.2 Å². The third-order valence-corrected chi connectivity index (χ3v) is 2.05. The average Bonchev–Trinajstić information content (AvgIpc) is 2.81. The molecule has 0 unspecified atom stereocenters. The van der Waals surface area contributed by atoms with E-state index in [-0.39, 0.29) is 63.9 Å². The summed E-state index contributed by atoms with van der Waals surface area (Å²) < 4.78 is 1.10. The van der Waals surface area contributed by atoms with Gasteiger partial charge in [0, 0.05) is 6.20 Å². The van der Waals surface area contributed by atoms with E-state index in [1.807, 2.05) is 0 Å². The molecule has 0 aliphatic rings. The molecule has 2 rings (SSSR count). The Balaban J connectivity index is 0.00000162. The number of carboxylic acid groups (broad SMARTS) is 1. The second-order valence-corrected chi connectivity index (χ2v) is 3.15. The second kappa shape index (κ2) is 6.81. The molecule has 1 aromatic heterocycles. The quantitative estimate of drug-likeness (QED) is 0.652. The minimum Gasteiger partial charge on any atom is -1.00 e. The van der Waals surface area contributed by atoms with Crippen molar-refractivity contribution in [3.05, 3.63) is 54.1 Å². The molecule has 1 aromatic carbocycles. The maximum Gasteiger partial charge on any atom is 1.00 e. The molecule has 88 valence electrons. The molecule has 0 saturated carbocycles. The Hall–Kier alpha value is -0.994. The number of carboxylic acids is 1. The van der Waals surface area contributed by atoms with Crippen LogP contribution in [0.1, 0.15) is 22.1 Å². The van der Waals surface area contributed by atoms with Crippen LogP contribution in [-0.2, 0) is 0 Å². The van der Waals surface area contributed by atoms with Crippen molar-refractivity contribution in [1.82, 2.24) is 9.71 Å². The number of rotatable bonds is 3. The molecule has 0 saturated heterocycles. The van der Waals surface area contributed by atoms with E-state index in [1.54, 1.807) is 6.07 Å². The van der Waals surface area contributed by atoms with Gasteiger partial charge in [-0.25, -0.2) is 14.6 Å². The van der Waals surface area contributed by atoms with Gasteiger partial charge in [-0.05, 0) is 12.1 Å². The van der Waals surface area contributed by atoms with Gasteiger partial charge in [-0.3, -0.25) is 0 Å². The fourth-order valence-electron chi connectivity index (χ4n) is 1.29. The molecule has 6 nitrogen and oxygen atoms in total. The molecule has 0 aliphatic carbocycles. The Bertz CT molecular complexity index is 560. The van der Waals surface area contributed by atoms with Crippen molar-refractivity contribution in [2.75, 3.05) is 0 Å². The van der Waals surface area contributed by atoms with Crippen LogP contribution in [0.2, 0.25) is 0 Å². The molecular formula is C11H9KN2O4. The Morgan fingerprint density at radius 2 is 1.94 bits per heavy atom. The molecule has 0 fully saturated rings. The minimum absolute atomic E-state index is 0. The predicted octanol–water partition coefficient (Wildman–Crippen LogP) is -2.03. The summed E-state index contributed by atoms with van der Waals surface area (Å²) in [6.07, 6.45) is 4.17. The van der Waals surface area contributed by atoms with Crippen LogP contribution in [0.4, 0.5) is 0 Å². The maximum atomic E-state index is 11.7. The van der Waals surface area contributed by atoms with Gasteiger partial charge in [0.2, 0.25) is 0 Å². The zero-order valence-corrected chi connectivity index (χ0v) is 12.7. The van der Waals surface area contributed by atoms with E-state index in [1.165, 1.54) is 36.9 Å². The molecule has 0 amide bonds. The molecule has 1 N–H and O–H groups in total. The first-order valence-electron chi connectivity index (χ1n) is 4.71. The Morgan fingerprint density at radius 3 is 2.50 bits per heavy atom. The monoisotopic (exact) mass is 272 g/mol. The summed E-state index contributed by atoms with van der Waals surface area (Å²) >= 11 is 0. The van der Waals surface area contributed by atoms with E-state index in [9.17, 15) is 9.59 Å². The normalized spacial score (nSPS) is 9.33. The summed E-state index contributed by atoms with van der Waals surface area (Å²) in [7, 11) is 0. The molecule has 18 heavy (non-hydrogen) atoms. The van der Waals surface area contributed by atoms with Gasteiger partial charge in [0.15, 0.2) is 0 Å². The summed E-state index contributed by atoms with van der Waals surface area (Å²) in [5.41, 5.74) is -0.105. The molecular weight excluding hydrogens is 263 g/mol. The SMILES string of the molecule is O=C(O)c1ccccc1C(=O)On1ccnc1.[H-].[K+]. The summed E-state index contributed by atoms with van der Waals surface area (Å²) in [6, 6.07) is 5.84. The number of carbonyl (C=O) groups is 2. The summed E-state index contributed by atoms with van der Waals surface area (Å²) in [5, 5.41) is 8.91.